The van der Waals surface area contributed by atoms with E-state index in [2.05, 4.69) is 16.9 Å². The Morgan fingerprint density at radius 3 is 2.61 bits per heavy atom. The number of anilines is 1. The van der Waals surface area contributed by atoms with E-state index < -0.39 is 11.7 Å². The number of ether oxygens (including phenoxy) is 1. The fraction of sp³-hybridized carbons (Fsp3) is 0.385. The van der Waals surface area contributed by atoms with Crippen LogP contribution < -0.4 is 5.32 Å². The quantitative estimate of drug-likeness (QED) is 0.821. The minimum atomic E-state index is -0.570. The molecule has 0 fully saturated rings. The van der Waals surface area contributed by atoms with Crippen LogP contribution in [0.25, 0.3) is 5.57 Å². The van der Waals surface area contributed by atoms with Gasteiger partial charge in [-0.25, -0.2) is 9.78 Å². The molecule has 0 saturated heterocycles. The highest BCUT2D eigenvalue weighted by Crippen LogP contribution is 2.28. The molecule has 98 valence electrons. The maximum Gasteiger partial charge on any atom is 0.412 e. The monoisotopic (exact) mass is 268 g/mol. The standard InChI is InChI=1S/C13H17ClN2O2/c1-8(2)9-6-7-15-11(14)10(9)16-12(17)18-13(3,4)5/h6-7H,1H2,2-5H3,(H,16,17). The molecule has 1 rings (SSSR count). The van der Waals surface area contributed by atoms with Crippen molar-refractivity contribution in [2.45, 2.75) is 33.3 Å². The van der Waals surface area contributed by atoms with E-state index in [1.54, 1.807) is 33.0 Å². The van der Waals surface area contributed by atoms with Crippen molar-refractivity contribution in [2.24, 2.45) is 0 Å². The maximum absolute atomic E-state index is 11.7. The summed E-state index contributed by atoms with van der Waals surface area (Å²) in [5.41, 5.74) is 1.37. The molecule has 0 unspecified atom stereocenters. The molecule has 0 aliphatic carbocycles. The van der Waals surface area contributed by atoms with Gasteiger partial charge in [-0.2, -0.15) is 0 Å². The number of hydrogen-bond donors (Lipinski definition) is 1. The normalized spacial score (nSPS) is 10.9. The Morgan fingerprint density at radius 2 is 2.11 bits per heavy atom. The maximum atomic E-state index is 11.7. The zero-order valence-corrected chi connectivity index (χ0v) is 11.8. The lowest BCUT2D eigenvalue weighted by Crippen LogP contribution is -2.27. The third-order valence-electron chi connectivity index (χ3n) is 1.99. The highest BCUT2D eigenvalue weighted by molar-refractivity contribution is 6.32. The molecule has 1 amide bonds. The van der Waals surface area contributed by atoms with E-state index >= 15 is 0 Å². The van der Waals surface area contributed by atoms with Crippen molar-refractivity contribution in [2.75, 3.05) is 5.32 Å². The molecule has 1 aromatic rings. The number of rotatable bonds is 2. The second kappa shape index (κ2) is 5.40. The number of allylic oxidation sites excluding steroid dienone is 1. The molecule has 1 aromatic heterocycles. The zero-order valence-electron chi connectivity index (χ0n) is 11.0. The summed E-state index contributed by atoms with van der Waals surface area (Å²) in [6.45, 7) is 11.0. The van der Waals surface area contributed by atoms with Gasteiger partial charge in [0.25, 0.3) is 0 Å². The number of hydrogen-bond acceptors (Lipinski definition) is 3. The average Bonchev–Trinajstić information content (AvgIpc) is 2.17. The van der Waals surface area contributed by atoms with Crippen molar-refractivity contribution >= 4 is 29.0 Å². The van der Waals surface area contributed by atoms with E-state index in [1.165, 1.54) is 0 Å². The fourth-order valence-electron chi connectivity index (χ4n) is 1.32. The summed E-state index contributed by atoms with van der Waals surface area (Å²) >= 11 is 5.97. The van der Waals surface area contributed by atoms with Gasteiger partial charge in [-0.05, 0) is 39.3 Å². The molecular weight excluding hydrogens is 252 g/mol. The first-order valence-corrected chi connectivity index (χ1v) is 5.89. The van der Waals surface area contributed by atoms with Gasteiger partial charge in [0, 0.05) is 11.8 Å². The van der Waals surface area contributed by atoms with Crippen molar-refractivity contribution in [3.05, 3.63) is 29.6 Å². The molecule has 0 bridgehead atoms. The number of halogens is 1. The van der Waals surface area contributed by atoms with E-state index in [0.29, 0.717) is 5.69 Å². The first-order chi connectivity index (χ1) is 8.20. The zero-order chi connectivity index (χ0) is 13.9. The van der Waals surface area contributed by atoms with Crippen LogP contribution >= 0.6 is 11.6 Å². The molecule has 0 radical (unpaired) electrons. The summed E-state index contributed by atoms with van der Waals surface area (Å²) in [6, 6.07) is 1.74. The molecule has 0 aromatic carbocycles. The summed E-state index contributed by atoms with van der Waals surface area (Å²) in [5.74, 6) is 0. The average molecular weight is 269 g/mol. The second-order valence-electron chi connectivity index (χ2n) is 4.93. The second-order valence-corrected chi connectivity index (χ2v) is 5.29. The number of nitrogens with zero attached hydrogens (tertiary/aromatic N) is 1. The topological polar surface area (TPSA) is 51.2 Å². The molecule has 18 heavy (non-hydrogen) atoms. The number of aromatic nitrogens is 1. The van der Waals surface area contributed by atoms with Crippen molar-refractivity contribution in [3.63, 3.8) is 0 Å². The first kappa shape index (κ1) is 14.5. The van der Waals surface area contributed by atoms with Crippen molar-refractivity contribution in [1.29, 1.82) is 0 Å². The highest BCUT2D eigenvalue weighted by atomic mass is 35.5. The van der Waals surface area contributed by atoms with Crippen LogP contribution in [-0.2, 0) is 4.74 Å². The smallest absolute Gasteiger partial charge is 0.412 e. The molecule has 0 saturated carbocycles. The van der Waals surface area contributed by atoms with Gasteiger partial charge in [0.15, 0.2) is 5.15 Å². The number of pyridine rings is 1. The largest absolute Gasteiger partial charge is 0.444 e. The number of nitrogens with one attached hydrogen (secondary N) is 1. The molecule has 4 nitrogen and oxygen atoms in total. The Balaban J connectivity index is 2.97. The lowest BCUT2D eigenvalue weighted by Gasteiger charge is -2.20. The van der Waals surface area contributed by atoms with Gasteiger partial charge in [-0.1, -0.05) is 18.2 Å². The Labute approximate surface area is 112 Å². The lowest BCUT2D eigenvalue weighted by atomic mass is 10.1. The predicted molar refractivity (Wildman–Crippen MR) is 73.8 cm³/mol. The van der Waals surface area contributed by atoms with E-state index in [1.807, 2.05) is 6.92 Å². The summed E-state index contributed by atoms with van der Waals surface area (Å²) in [5, 5.41) is 2.81. The van der Waals surface area contributed by atoms with Crippen LogP contribution in [0, 0.1) is 0 Å². The molecule has 0 atom stereocenters. The van der Waals surface area contributed by atoms with Crippen LogP contribution in [0.4, 0.5) is 10.5 Å². The minimum Gasteiger partial charge on any atom is -0.444 e. The van der Waals surface area contributed by atoms with Crippen LogP contribution in [0.15, 0.2) is 18.8 Å². The van der Waals surface area contributed by atoms with Gasteiger partial charge in [0.05, 0.1) is 5.69 Å². The third-order valence-corrected chi connectivity index (χ3v) is 2.28. The SMILES string of the molecule is C=C(C)c1ccnc(Cl)c1NC(=O)OC(C)(C)C. The van der Waals surface area contributed by atoms with E-state index in [4.69, 9.17) is 16.3 Å². The Kier molecular flexibility index (Phi) is 4.35. The van der Waals surface area contributed by atoms with Gasteiger partial charge in [0.2, 0.25) is 0 Å². The Hall–Kier alpha value is -1.55. The predicted octanol–water partition coefficient (Wildman–Crippen LogP) is 4.12. The molecule has 0 spiro atoms. The van der Waals surface area contributed by atoms with E-state index in [-0.39, 0.29) is 5.15 Å². The number of amides is 1. The van der Waals surface area contributed by atoms with Gasteiger partial charge in [-0.15, -0.1) is 0 Å². The lowest BCUT2D eigenvalue weighted by molar-refractivity contribution is 0.0636. The van der Waals surface area contributed by atoms with Crippen molar-refractivity contribution in [3.8, 4) is 0 Å². The van der Waals surface area contributed by atoms with Crippen molar-refractivity contribution < 1.29 is 9.53 Å². The molecule has 0 aliphatic rings. The summed E-state index contributed by atoms with van der Waals surface area (Å²) < 4.78 is 5.17. The summed E-state index contributed by atoms with van der Waals surface area (Å²) in [7, 11) is 0. The van der Waals surface area contributed by atoms with Gasteiger partial charge in [0.1, 0.15) is 5.60 Å². The van der Waals surface area contributed by atoms with Crippen LogP contribution in [0.5, 0.6) is 0 Å². The van der Waals surface area contributed by atoms with Crippen LogP contribution in [-0.4, -0.2) is 16.7 Å². The number of carbonyl (C=O) groups is 1. The molecule has 0 aliphatic heterocycles. The van der Waals surface area contributed by atoms with Crippen LogP contribution in [0.2, 0.25) is 5.15 Å². The fourth-order valence-corrected chi connectivity index (χ4v) is 1.52. The molecule has 1 heterocycles. The van der Waals surface area contributed by atoms with Gasteiger partial charge >= 0.3 is 6.09 Å². The van der Waals surface area contributed by atoms with Crippen LogP contribution in [0.1, 0.15) is 33.3 Å². The van der Waals surface area contributed by atoms with Gasteiger partial charge in [-0.3, -0.25) is 5.32 Å². The Bertz CT molecular complexity index is 478. The minimum absolute atomic E-state index is 0.210. The molecule has 5 heteroatoms. The summed E-state index contributed by atoms with van der Waals surface area (Å²) in [4.78, 5) is 15.6. The Morgan fingerprint density at radius 1 is 1.50 bits per heavy atom. The third kappa shape index (κ3) is 4.04. The van der Waals surface area contributed by atoms with Crippen LogP contribution in [0.3, 0.4) is 0 Å². The first-order valence-electron chi connectivity index (χ1n) is 5.51. The van der Waals surface area contributed by atoms with E-state index in [9.17, 15) is 4.79 Å². The summed E-state index contributed by atoms with van der Waals surface area (Å²) in [6.07, 6.45) is 0.993. The van der Waals surface area contributed by atoms with E-state index in [0.717, 1.165) is 11.1 Å². The highest BCUT2D eigenvalue weighted by Gasteiger charge is 2.19. The molecule has 1 N–H and O–H groups in total. The number of carbonyl (C=O) groups excluding carboxylic acids is 1. The molecular formula is C13H17ClN2O2. The van der Waals surface area contributed by atoms with Crippen molar-refractivity contribution in [1.82, 2.24) is 4.98 Å². The van der Waals surface area contributed by atoms with Gasteiger partial charge < -0.3 is 4.74 Å².